The van der Waals surface area contributed by atoms with E-state index in [2.05, 4.69) is 0 Å². The molecule has 1 saturated heterocycles. The molecule has 0 aromatic carbocycles. The van der Waals surface area contributed by atoms with Gasteiger partial charge in [-0.3, -0.25) is 4.79 Å². The van der Waals surface area contributed by atoms with Gasteiger partial charge in [0.2, 0.25) is 0 Å². The number of hydrogen-bond acceptors (Lipinski definition) is 4. The van der Waals surface area contributed by atoms with E-state index in [-0.39, 0.29) is 25.9 Å². The van der Waals surface area contributed by atoms with E-state index < -0.39 is 29.3 Å². The Balaban J connectivity index is 2.89. The van der Waals surface area contributed by atoms with Gasteiger partial charge in [-0.15, -0.1) is 0 Å². The van der Waals surface area contributed by atoms with Crippen molar-refractivity contribution in [1.82, 2.24) is 4.90 Å². The van der Waals surface area contributed by atoms with Crippen LogP contribution in [0.2, 0.25) is 0 Å². The first-order chi connectivity index (χ1) is 9.16. The van der Waals surface area contributed by atoms with Gasteiger partial charge in [-0.25, -0.2) is 9.18 Å². The van der Waals surface area contributed by atoms with Crippen LogP contribution in [0.3, 0.4) is 0 Å². The summed E-state index contributed by atoms with van der Waals surface area (Å²) in [4.78, 5) is 25.4. The number of hydrogen-bond donors (Lipinski definition) is 0. The quantitative estimate of drug-likeness (QED) is 0.733. The molecule has 0 aromatic heterocycles. The topological polar surface area (TPSA) is 55.8 Å². The number of nitrogens with zero attached hydrogens (tertiary/aromatic N) is 1. The predicted octanol–water partition coefficient (Wildman–Crippen LogP) is 2.53. The fraction of sp³-hybridized carbons (Fsp3) is 0.857. The van der Waals surface area contributed by atoms with Gasteiger partial charge in [0.1, 0.15) is 17.2 Å². The molecule has 1 aliphatic heterocycles. The molecule has 2 unspecified atom stereocenters. The highest BCUT2D eigenvalue weighted by Gasteiger charge is 2.51. The molecule has 0 radical (unpaired) electrons. The standard InChI is InChI=1S/C14H24FNO4/c1-6-14(11(17)19-5)9-16(8-7-10(14)15)12(18)20-13(2,3)4/h10H,6-9H2,1-5H3. The summed E-state index contributed by atoms with van der Waals surface area (Å²) in [5, 5.41) is 0. The van der Waals surface area contributed by atoms with Crippen molar-refractivity contribution in [2.24, 2.45) is 5.41 Å². The second-order valence-corrected chi connectivity index (χ2v) is 6.16. The van der Waals surface area contributed by atoms with Gasteiger partial charge >= 0.3 is 12.1 Å². The first-order valence-electron chi connectivity index (χ1n) is 6.86. The van der Waals surface area contributed by atoms with E-state index in [9.17, 15) is 14.0 Å². The molecule has 1 amide bonds. The molecule has 0 N–H and O–H groups in total. The lowest BCUT2D eigenvalue weighted by Gasteiger charge is -2.42. The van der Waals surface area contributed by atoms with Crippen molar-refractivity contribution >= 4 is 12.1 Å². The van der Waals surface area contributed by atoms with E-state index in [1.54, 1.807) is 27.7 Å². The monoisotopic (exact) mass is 289 g/mol. The Kier molecular flexibility index (Phi) is 5.00. The first-order valence-corrected chi connectivity index (χ1v) is 6.86. The van der Waals surface area contributed by atoms with Gasteiger partial charge in [-0.05, 0) is 33.6 Å². The number of methoxy groups -OCH3 is 1. The van der Waals surface area contributed by atoms with Crippen LogP contribution in [0, 0.1) is 5.41 Å². The molecular weight excluding hydrogens is 265 g/mol. The summed E-state index contributed by atoms with van der Waals surface area (Å²) in [5.41, 5.74) is -1.91. The second kappa shape index (κ2) is 5.97. The van der Waals surface area contributed by atoms with Crippen molar-refractivity contribution in [3.63, 3.8) is 0 Å². The predicted molar refractivity (Wildman–Crippen MR) is 72.1 cm³/mol. The summed E-state index contributed by atoms with van der Waals surface area (Å²) in [6, 6.07) is 0. The van der Waals surface area contributed by atoms with E-state index in [0.717, 1.165) is 0 Å². The Bertz CT molecular complexity index is 380. The number of piperidine rings is 1. The van der Waals surface area contributed by atoms with Gasteiger partial charge in [0.25, 0.3) is 0 Å². The van der Waals surface area contributed by atoms with Crippen molar-refractivity contribution in [3.8, 4) is 0 Å². The van der Waals surface area contributed by atoms with E-state index in [0.29, 0.717) is 0 Å². The van der Waals surface area contributed by atoms with Gasteiger partial charge in [0, 0.05) is 13.1 Å². The van der Waals surface area contributed by atoms with Gasteiger partial charge in [0.15, 0.2) is 0 Å². The van der Waals surface area contributed by atoms with Crippen LogP contribution >= 0.6 is 0 Å². The third kappa shape index (κ3) is 3.41. The molecule has 0 aliphatic carbocycles. The maximum absolute atomic E-state index is 14.2. The molecule has 0 bridgehead atoms. The van der Waals surface area contributed by atoms with Crippen molar-refractivity contribution in [3.05, 3.63) is 0 Å². The lowest BCUT2D eigenvalue weighted by atomic mass is 9.76. The van der Waals surface area contributed by atoms with E-state index in [1.165, 1.54) is 12.0 Å². The number of carbonyl (C=O) groups is 2. The number of rotatable bonds is 2. The number of halogens is 1. The summed E-state index contributed by atoms with van der Waals surface area (Å²) < 4.78 is 24.2. The Morgan fingerprint density at radius 2 is 2.00 bits per heavy atom. The third-order valence-corrected chi connectivity index (χ3v) is 3.60. The van der Waals surface area contributed by atoms with Crippen LogP contribution in [0.5, 0.6) is 0 Å². The average Bonchev–Trinajstić information content (AvgIpc) is 2.36. The highest BCUT2D eigenvalue weighted by molar-refractivity contribution is 5.79. The molecule has 0 aromatic rings. The number of esters is 1. The second-order valence-electron chi connectivity index (χ2n) is 6.16. The molecule has 20 heavy (non-hydrogen) atoms. The molecule has 2 atom stereocenters. The first kappa shape index (κ1) is 16.7. The molecule has 0 spiro atoms. The molecule has 6 heteroatoms. The molecule has 1 heterocycles. The van der Waals surface area contributed by atoms with Gasteiger partial charge < -0.3 is 14.4 Å². The maximum Gasteiger partial charge on any atom is 0.410 e. The van der Waals surface area contributed by atoms with Crippen LogP contribution in [-0.2, 0) is 14.3 Å². The third-order valence-electron chi connectivity index (χ3n) is 3.60. The van der Waals surface area contributed by atoms with Crippen molar-refractivity contribution in [2.45, 2.75) is 52.3 Å². The molecule has 116 valence electrons. The molecule has 5 nitrogen and oxygen atoms in total. The SMILES string of the molecule is CCC1(C(=O)OC)CN(C(=O)OC(C)(C)C)CCC1F. The summed E-state index contributed by atoms with van der Waals surface area (Å²) in [6.45, 7) is 7.25. The Morgan fingerprint density at radius 3 is 2.45 bits per heavy atom. The summed E-state index contributed by atoms with van der Waals surface area (Å²) >= 11 is 0. The molecule has 0 saturated carbocycles. The maximum atomic E-state index is 14.2. The number of ether oxygens (including phenoxy) is 2. The molecule has 1 aliphatic rings. The van der Waals surface area contributed by atoms with Crippen LogP contribution in [0.4, 0.5) is 9.18 Å². The van der Waals surface area contributed by atoms with E-state index in [4.69, 9.17) is 9.47 Å². The zero-order valence-corrected chi connectivity index (χ0v) is 12.9. The Morgan fingerprint density at radius 1 is 1.40 bits per heavy atom. The summed E-state index contributed by atoms with van der Waals surface area (Å²) in [6.07, 6.45) is -1.44. The minimum Gasteiger partial charge on any atom is -0.468 e. The fourth-order valence-electron chi connectivity index (χ4n) is 2.42. The number of carbonyl (C=O) groups excluding carboxylic acids is 2. The summed E-state index contributed by atoms with van der Waals surface area (Å²) in [5.74, 6) is -0.610. The lowest BCUT2D eigenvalue weighted by molar-refractivity contribution is -0.162. The van der Waals surface area contributed by atoms with E-state index in [1.807, 2.05) is 0 Å². The van der Waals surface area contributed by atoms with Crippen LogP contribution in [-0.4, -0.2) is 48.9 Å². The minimum absolute atomic E-state index is 0.00769. The molecule has 1 fully saturated rings. The van der Waals surface area contributed by atoms with Crippen LogP contribution in [0.15, 0.2) is 0 Å². The zero-order chi connectivity index (χ0) is 15.6. The van der Waals surface area contributed by atoms with Crippen molar-refractivity contribution in [1.29, 1.82) is 0 Å². The van der Waals surface area contributed by atoms with Crippen molar-refractivity contribution < 1.29 is 23.5 Å². The van der Waals surface area contributed by atoms with Crippen LogP contribution in [0.25, 0.3) is 0 Å². The number of amides is 1. The summed E-state index contributed by atoms with van der Waals surface area (Å²) in [7, 11) is 1.24. The fourth-order valence-corrected chi connectivity index (χ4v) is 2.42. The van der Waals surface area contributed by atoms with Crippen LogP contribution in [0.1, 0.15) is 40.5 Å². The number of alkyl halides is 1. The normalized spacial score (nSPS) is 27.1. The van der Waals surface area contributed by atoms with Gasteiger partial charge in [-0.2, -0.15) is 0 Å². The largest absolute Gasteiger partial charge is 0.468 e. The van der Waals surface area contributed by atoms with Crippen LogP contribution < -0.4 is 0 Å². The lowest BCUT2D eigenvalue weighted by Crippen LogP contribution is -2.56. The molecular formula is C14H24FNO4. The van der Waals surface area contributed by atoms with Gasteiger partial charge in [0.05, 0.1) is 7.11 Å². The Labute approximate surface area is 119 Å². The minimum atomic E-state index is -1.31. The Hall–Kier alpha value is -1.33. The zero-order valence-electron chi connectivity index (χ0n) is 12.9. The smallest absolute Gasteiger partial charge is 0.410 e. The molecule has 1 rings (SSSR count). The van der Waals surface area contributed by atoms with Gasteiger partial charge in [-0.1, -0.05) is 6.92 Å². The highest BCUT2D eigenvalue weighted by Crippen LogP contribution is 2.37. The average molecular weight is 289 g/mol. The highest BCUT2D eigenvalue weighted by atomic mass is 19.1. The van der Waals surface area contributed by atoms with E-state index >= 15 is 0 Å². The van der Waals surface area contributed by atoms with Crippen molar-refractivity contribution in [2.75, 3.05) is 20.2 Å². The number of likely N-dealkylation sites (tertiary alicyclic amines) is 1.